The first-order valence-electron chi connectivity index (χ1n) is 5.25. The van der Waals surface area contributed by atoms with Gasteiger partial charge in [0.15, 0.2) is 0 Å². The lowest BCUT2D eigenvalue weighted by molar-refractivity contribution is -0.118. The molecule has 3 heteroatoms. The lowest BCUT2D eigenvalue weighted by Crippen LogP contribution is -2.31. The third kappa shape index (κ3) is 3.19. The number of halogens is 1. The fourth-order valence-electron chi connectivity index (χ4n) is 1.41. The summed E-state index contributed by atoms with van der Waals surface area (Å²) in [6, 6.07) is 5.91. The second kappa shape index (κ2) is 5.45. The molecule has 0 aromatic heterocycles. The van der Waals surface area contributed by atoms with Crippen molar-refractivity contribution in [1.29, 1.82) is 0 Å². The van der Waals surface area contributed by atoms with E-state index < -0.39 is 0 Å². The maximum atomic E-state index is 12.8. The summed E-state index contributed by atoms with van der Waals surface area (Å²) in [7, 11) is 0. The predicted molar refractivity (Wildman–Crippen MR) is 63.9 cm³/mol. The van der Waals surface area contributed by atoms with Crippen molar-refractivity contribution >= 4 is 11.6 Å². The molecule has 0 radical (unpaired) electrons. The largest absolute Gasteiger partial charge is 0.308 e. The van der Waals surface area contributed by atoms with Crippen LogP contribution in [0.4, 0.5) is 10.1 Å². The molecule has 0 spiro atoms. The summed E-state index contributed by atoms with van der Waals surface area (Å²) in [6.07, 6.45) is 0.421. The van der Waals surface area contributed by atoms with Gasteiger partial charge in [0.1, 0.15) is 5.82 Å². The zero-order chi connectivity index (χ0) is 12.1. The van der Waals surface area contributed by atoms with Gasteiger partial charge in [-0.2, -0.15) is 0 Å². The Balaban J connectivity index is 2.96. The molecule has 0 aliphatic carbocycles. The standard InChI is InChI=1S/C13H16FNO/c1-4-13(16)15(9-10(2)3)12-7-5-11(14)6-8-12/h5-8H,2,4,9H2,1,3H3. The molecular formula is C13H16FNO. The van der Waals surface area contributed by atoms with Gasteiger partial charge in [-0.05, 0) is 31.2 Å². The van der Waals surface area contributed by atoms with E-state index in [1.807, 2.05) is 6.92 Å². The van der Waals surface area contributed by atoms with Crippen LogP contribution < -0.4 is 4.90 Å². The Morgan fingerprint density at radius 2 is 1.94 bits per heavy atom. The van der Waals surface area contributed by atoms with Crippen molar-refractivity contribution in [2.24, 2.45) is 0 Å². The SMILES string of the molecule is C=C(C)CN(C(=O)CC)c1ccc(F)cc1. The van der Waals surface area contributed by atoms with E-state index in [4.69, 9.17) is 0 Å². The quantitative estimate of drug-likeness (QED) is 0.715. The Morgan fingerprint density at radius 1 is 1.38 bits per heavy atom. The lowest BCUT2D eigenvalue weighted by Gasteiger charge is -2.22. The van der Waals surface area contributed by atoms with Crippen LogP contribution in [0.2, 0.25) is 0 Å². The molecule has 1 rings (SSSR count). The summed E-state index contributed by atoms with van der Waals surface area (Å²) in [4.78, 5) is 13.3. The minimum Gasteiger partial charge on any atom is -0.308 e. The first-order valence-corrected chi connectivity index (χ1v) is 5.25. The van der Waals surface area contributed by atoms with Crippen LogP contribution in [0.25, 0.3) is 0 Å². The summed E-state index contributed by atoms with van der Waals surface area (Å²) in [5.41, 5.74) is 1.60. The molecule has 0 aliphatic rings. The monoisotopic (exact) mass is 221 g/mol. The molecule has 0 aliphatic heterocycles. The number of nitrogens with zero attached hydrogens (tertiary/aromatic N) is 1. The van der Waals surface area contributed by atoms with Crippen molar-refractivity contribution in [2.45, 2.75) is 20.3 Å². The molecule has 0 fully saturated rings. The second-order valence-electron chi connectivity index (χ2n) is 3.77. The highest BCUT2D eigenvalue weighted by Gasteiger charge is 2.13. The maximum Gasteiger partial charge on any atom is 0.227 e. The molecule has 0 heterocycles. The summed E-state index contributed by atoms with van der Waals surface area (Å²) >= 11 is 0. The van der Waals surface area contributed by atoms with Crippen LogP contribution in [0.3, 0.4) is 0 Å². The van der Waals surface area contributed by atoms with Gasteiger partial charge < -0.3 is 4.90 Å². The van der Waals surface area contributed by atoms with E-state index in [0.29, 0.717) is 18.7 Å². The first-order chi connectivity index (χ1) is 7.54. The number of hydrogen-bond acceptors (Lipinski definition) is 1. The van der Waals surface area contributed by atoms with Gasteiger partial charge in [-0.15, -0.1) is 0 Å². The average molecular weight is 221 g/mol. The van der Waals surface area contributed by atoms with E-state index in [0.717, 1.165) is 5.57 Å². The van der Waals surface area contributed by atoms with Crippen LogP contribution in [-0.4, -0.2) is 12.5 Å². The molecule has 0 saturated heterocycles. The molecular weight excluding hydrogens is 205 g/mol. The third-order valence-corrected chi connectivity index (χ3v) is 2.17. The van der Waals surface area contributed by atoms with Gasteiger partial charge in [-0.25, -0.2) is 4.39 Å². The average Bonchev–Trinajstić information content (AvgIpc) is 2.26. The molecule has 2 nitrogen and oxygen atoms in total. The number of amides is 1. The van der Waals surface area contributed by atoms with E-state index in [2.05, 4.69) is 6.58 Å². The summed E-state index contributed by atoms with van der Waals surface area (Å²) in [6.45, 7) is 7.92. The number of carbonyl (C=O) groups excluding carboxylic acids is 1. The van der Waals surface area contributed by atoms with E-state index in [-0.39, 0.29) is 11.7 Å². The molecule has 86 valence electrons. The van der Waals surface area contributed by atoms with Crippen molar-refractivity contribution in [3.8, 4) is 0 Å². The molecule has 0 saturated carbocycles. The molecule has 0 N–H and O–H groups in total. The van der Waals surface area contributed by atoms with Gasteiger partial charge in [-0.1, -0.05) is 19.1 Å². The summed E-state index contributed by atoms with van der Waals surface area (Å²) in [5.74, 6) is -0.294. The van der Waals surface area contributed by atoms with E-state index in [1.165, 1.54) is 12.1 Å². The highest BCUT2D eigenvalue weighted by Crippen LogP contribution is 2.17. The van der Waals surface area contributed by atoms with Crippen LogP contribution in [0.1, 0.15) is 20.3 Å². The molecule has 1 aromatic rings. The highest BCUT2D eigenvalue weighted by atomic mass is 19.1. The lowest BCUT2D eigenvalue weighted by atomic mass is 10.2. The van der Waals surface area contributed by atoms with E-state index in [9.17, 15) is 9.18 Å². The Labute approximate surface area is 95.4 Å². The summed E-state index contributed by atoms with van der Waals surface area (Å²) < 4.78 is 12.8. The molecule has 1 amide bonds. The molecule has 0 unspecified atom stereocenters. The zero-order valence-corrected chi connectivity index (χ0v) is 9.66. The molecule has 0 atom stereocenters. The third-order valence-electron chi connectivity index (χ3n) is 2.17. The van der Waals surface area contributed by atoms with Crippen molar-refractivity contribution < 1.29 is 9.18 Å². The van der Waals surface area contributed by atoms with Gasteiger partial charge in [0, 0.05) is 18.7 Å². The normalized spacial score (nSPS) is 9.94. The summed E-state index contributed by atoms with van der Waals surface area (Å²) in [5, 5.41) is 0. The Morgan fingerprint density at radius 3 is 2.38 bits per heavy atom. The number of rotatable bonds is 4. The molecule has 1 aromatic carbocycles. The van der Waals surface area contributed by atoms with E-state index >= 15 is 0 Å². The van der Waals surface area contributed by atoms with Crippen LogP contribution >= 0.6 is 0 Å². The van der Waals surface area contributed by atoms with Crippen LogP contribution in [0.15, 0.2) is 36.4 Å². The topological polar surface area (TPSA) is 20.3 Å². The number of benzene rings is 1. The number of carbonyl (C=O) groups is 1. The second-order valence-corrected chi connectivity index (χ2v) is 3.77. The van der Waals surface area contributed by atoms with Crippen LogP contribution in [-0.2, 0) is 4.79 Å². The predicted octanol–water partition coefficient (Wildman–Crippen LogP) is 3.14. The van der Waals surface area contributed by atoms with Gasteiger partial charge in [0.2, 0.25) is 5.91 Å². The Bertz CT molecular complexity index is 383. The fourth-order valence-corrected chi connectivity index (χ4v) is 1.41. The van der Waals surface area contributed by atoms with E-state index in [1.54, 1.807) is 24.0 Å². The minimum absolute atomic E-state index is 0.00890. The van der Waals surface area contributed by atoms with Gasteiger partial charge in [0.25, 0.3) is 0 Å². The van der Waals surface area contributed by atoms with Gasteiger partial charge in [0.05, 0.1) is 0 Å². The molecule has 0 bridgehead atoms. The smallest absolute Gasteiger partial charge is 0.227 e. The van der Waals surface area contributed by atoms with Crippen molar-refractivity contribution in [3.63, 3.8) is 0 Å². The van der Waals surface area contributed by atoms with Gasteiger partial charge in [-0.3, -0.25) is 4.79 Å². The molecule has 16 heavy (non-hydrogen) atoms. The van der Waals surface area contributed by atoms with Crippen LogP contribution in [0.5, 0.6) is 0 Å². The van der Waals surface area contributed by atoms with Gasteiger partial charge >= 0.3 is 0 Å². The minimum atomic E-state index is -0.303. The van der Waals surface area contributed by atoms with Crippen molar-refractivity contribution in [1.82, 2.24) is 0 Å². The zero-order valence-electron chi connectivity index (χ0n) is 9.66. The van der Waals surface area contributed by atoms with Crippen LogP contribution in [0, 0.1) is 5.82 Å². The Hall–Kier alpha value is -1.64. The number of hydrogen-bond donors (Lipinski definition) is 0. The Kier molecular flexibility index (Phi) is 4.23. The number of anilines is 1. The maximum absolute atomic E-state index is 12.8. The van der Waals surface area contributed by atoms with Crippen molar-refractivity contribution in [2.75, 3.05) is 11.4 Å². The highest BCUT2D eigenvalue weighted by molar-refractivity contribution is 5.93. The van der Waals surface area contributed by atoms with Crippen molar-refractivity contribution in [3.05, 3.63) is 42.2 Å². The fraction of sp³-hybridized carbons (Fsp3) is 0.308. The first kappa shape index (κ1) is 12.4.